The van der Waals surface area contributed by atoms with E-state index >= 15 is 0 Å². The van der Waals surface area contributed by atoms with E-state index in [9.17, 15) is 4.39 Å². The van der Waals surface area contributed by atoms with Crippen molar-refractivity contribution in [3.63, 3.8) is 0 Å². The van der Waals surface area contributed by atoms with Crippen molar-refractivity contribution in [1.29, 1.82) is 0 Å². The average molecular weight is 220 g/mol. The average Bonchev–Trinajstić information content (AvgIpc) is 2.33. The van der Waals surface area contributed by atoms with Crippen LogP contribution in [-0.4, -0.2) is 19.9 Å². The summed E-state index contributed by atoms with van der Waals surface area (Å²) in [7, 11) is 0. The Bertz CT molecular complexity index is 501. The third-order valence-corrected chi connectivity index (χ3v) is 1.92. The number of aromatic nitrogens is 4. The first-order valence-electron chi connectivity index (χ1n) is 4.50. The minimum Gasteiger partial charge on any atom is -0.306 e. The fraction of sp³-hybridized carbons (Fsp3) is 0.111. The molecule has 82 valence electrons. The first-order valence-corrected chi connectivity index (χ1v) is 4.50. The molecule has 0 unspecified atom stereocenters. The predicted molar refractivity (Wildman–Crippen MR) is 55.6 cm³/mol. The van der Waals surface area contributed by atoms with Gasteiger partial charge in [0.25, 0.3) is 0 Å². The Labute approximate surface area is 90.8 Å². The summed E-state index contributed by atoms with van der Waals surface area (Å²) in [5.41, 5.74) is 2.35. The van der Waals surface area contributed by atoms with E-state index in [2.05, 4.69) is 25.4 Å². The second-order valence-electron chi connectivity index (χ2n) is 3.01. The molecule has 0 aliphatic carbocycles. The number of nitrogens with two attached hydrogens (primary N) is 1. The molecule has 0 aromatic carbocycles. The molecule has 2 aromatic rings. The molecule has 2 heterocycles. The Morgan fingerprint density at radius 2 is 1.88 bits per heavy atom. The van der Waals surface area contributed by atoms with Gasteiger partial charge in [-0.25, -0.2) is 30.2 Å². The van der Waals surface area contributed by atoms with Gasteiger partial charge in [-0.05, 0) is 13.0 Å². The van der Waals surface area contributed by atoms with Crippen molar-refractivity contribution in [2.24, 2.45) is 5.84 Å². The van der Waals surface area contributed by atoms with Crippen molar-refractivity contribution >= 4 is 5.82 Å². The van der Waals surface area contributed by atoms with E-state index < -0.39 is 5.82 Å². The zero-order valence-electron chi connectivity index (χ0n) is 8.48. The lowest BCUT2D eigenvalue weighted by molar-refractivity contribution is 0.606. The molecule has 0 spiro atoms. The third-order valence-electron chi connectivity index (χ3n) is 1.92. The molecule has 2 rings (SSSR count). The van der Waals surface area contributed by atoms with E-state index in [4.69, 9.17) is 5.84 Å². The van der Waals surface area contributed by atoms with Crippen molar-refractivity contribution in [2.75, 3.05) is 5.43 Å². The summed E-state index contributed by atoms with van der Waals surface area (Å²) in [6, 6.07) is 1.67. The zero-order valence-corrected chi connectivity index (χ0v) is 8.48. The summed E-state index contributed by atoms with van der Waals surface area (Å²) in [5.74, 6) is 5.04. The van der Waals surface area contributed by atoms with Crippen molar-refractivity contribution in [3.8, 4) is 11.6 Å². The van der Waals surface area contributed by atoms with Crippen LogP contribution in [0.25, 0.3) is 11.6 Å². The highest BCUT2D eigenvalue weighted by molar-refractivity contribution is 5.49. The fourth-order valence-electron chi connectivity index (χ4n) is 1.17. The van der Waals surface area contributed by atoms with Gasteiger partial charge >= 0.3 is 0 Å². The molecule has 0 atom stereocenters. The van der Waals surface area contributed by atoms with Crippen LogP contribution in [0.5, 0.6) is 0 Å². The zero-order chi connectivity index (χ0) is 11.5. The molecule has 2 aromatic heterocycles. The molecule has 0 aliphatic rings. The van der Waals surface area contributed by atoms with E-state index in [1.54, 1.807) is 18.5 Å². The van der Waals surface area contributed by atoms with Gasteiger partial charge in [0, 0.05) is 12.4 Å². The lowest BCUT2D eigenvalue weighted by Gasteiger charge is -2.05. The maximum atomic E-state index is 13.4. The van der Waals surface area contributed by atoms with Gasteiger partial charge in [0.05, 0.1) is 5.69 Å². The Hall–Kier alpha value is -2.15. The van der Waals surface area contributed by atoms with Crippen LogP contribution in [0.2, 0.25) is 0 Å². The molecule has 0 saturated heterocycles. The monoisotopic (exact) mass is 220 g/mol. The van der Waals surface area contributed by atoms with E-state index in [0.29, 0.717) is 5.82 Å². The smallest absolute Gasteiger partial charge is 0.200 e. The molecule has 0 aliphatic heterocycles. The number of hydrogen-bond acceptors (Lipinski definition) is 6. The number of nitrogens with zero attached hydrogens (tertiary/aromatic N) is 4. The Balaban J connectivity index is 2.55. The summed E-state index contributed by atoms with van der Waals surface area (Å²) in [6.07, 6.45) is 3.11. The molecule has 0 saturated carbocycles. The van der Waals surface area contributed by atoms with Crippen LogP contribution in [0.4, 0.5) is 10.2 Å². The first-order chi connectivity index (χ1) is 7.72. The molecule has 0 fully saturated rings. The van der Waals surface area contributed by atoms with Crippen molar-refractivity contribution in [1.82, 2.24) is 19.9 Å². The van der Waals surface area contributed by atoms with Gasteiger partial charge in [-0.2, -0.15) is 0 Å². The highest BCUT2D eigenvalue weighted by Gasteiger charge is 2.12. The summed E-state index contributed by atoms with van der Waals surface area (Å²) in [5, 5.41) is 0. The lowest BCUT2D eigenvalue weighted by atomic mass is 10.4. The SMILES string of the molecule is Cc1nc(-c2ncccn2)nc(NN)c1F. The van der Waals surface area contributed by atoms with Gasteiger partial charge in [-0.1, -0.05) is 0 Å². The number of halogens is 1. The van der Waals surface area contributed by atoms with Crippen LogP contribution in [0.3, 0.4) is 0 Å². The molecule has 6 nitrogen and oxygen atoms in total. The van der Waals surface area contributed by atoms with Crippen LogP contribution in [0, 0.1) is 12.7 Å². The number of hydrogen-bond donors (Lipinski definition) is 2. The minimum atomic E-state index is -0.581. The quantitative estimate of drug-likeness (QED) is 0.571. The largest absolute Gasteiger partial charge is 0.306 e. The van der Waals surface area contributed by atoms with Crippen LogP contribution < -0.4 is 11.3 Å². The molecule has 7 heteroatoms. The molecular formula is C9H9FN6. The normalized spacial score (nSPS) is 10.2. The second kappa shape index (κ2) is 4.15. The molecule has 0 radical (unpaired) electrons. The standard InChI is InChI=1S/C9H9FN6/c1-5-6(10)7(16-11)15-9(14-5)8-12-3-2-4-13-8/h2-4H,11H2,1H3,(H,14,15,16). The fourth-order valence-corrected chi connectivity index (χ4v) is 1.17. The minimum absolute atomic E-state index is 0.0741. The van der Waals surface area contributed by atoms with Gasteiger partial charge in [0.15, 0.2) is 23.3 Å². The van der Waals surface area contributed by atoms with Crippen LogP contribution in [0.15, 0.2) is 18.5 Å². The Morgan fingerprint density at radius 3 is 2.50 bits per heavy atom. The van der Waals surface area contributed by atoms with Crippen molar-refractivity contribution in [2.45, 2.75) is 6.92 Å². The molecule has 0 bridgehead atoms. The van der Waals surface area contributed by atoms with E-state index in [0.717, 1.165) is 0 Å². The van der Waals surface area contributed by atoms with Crippen LogP contribution in [-0.2, 0) is 0 Å². The maximum absolute atomic E-state index is 13.4. The van der Waals surface area contributed by atoms with Gasteiger partial charge in [0.2, 0.25) is 0 Å². The maximum Gasteiger partial charge on any atom is 0.200 e. The third kappa shape index (κ3) is 1.80. The van der Waals surface area contributed by atoms with Gasteiger partial charge in [-0.3, -0.25) is 0 Å². The number of rotatable bonds is 2. The second-order valence-corrected chi connectivity index (χ2v) is 3.01. The summed E-state index contributed by atoms with van der Waals surface area (Å²) >= 11 is 0. The van der Waals surface area contributed by atoms with Crippen molar-refractivity contribution in [3.05, 3.63) is 30.0 Å². The first kappa shape index (κ1) is 10.4. The van der Waals surface area contributed by atoms with Crippen LogP contribution in [0.1, 0.15) is 5.69 Å². The van der Waals surface area contributed by atoms with E-state index in [-0.39, 0.29) is 17.3 Å². The number of nitrogen functional groups attached to an aromatic ring is 1. The number of nitrogens with one attached hydrogen (secondary N) is 1. The molecule has 0 amide bonds. The molecule has 3 N–H and O–H groups in total. The molecular weight excluding hydrogens is 211 g/mol. The van der Waals surface area contributed by atoms with E-state index in [1.807, 2.05) is 0 Å². The van der Waals surface area contributed by atoms with Crippen LogP contribution >= 0.6 is 0 Å². The van der Waals surface area contributed by atoms with Gasteiger partial charge in [-0.15, -0.1) is 0 Å². The predicted octanol–water partition coefficient (Wildman–Crippen LogP) is 0.667. The molecule has 16 heavy (non-hydrogen) atoms. The summed E-state index contributed by atoms with van der Waals surface area (Å²) in [4.78, 5) is 15.8. The van der Waals surface area contributed by atoms with Crippen molar-refractivity contribution < 1.29 is 4.39 Å². The number of hydrazine groups is 1. The Morgan fingerprint density at radius 1 is 1.19 bits per heavy atom. The number of anilines is 1. The topological polar surface area (TPSA) is 89.6 Å². The van der Waals surface area contributed by atoms with Gasteiger partial charge in [0.1, 0.15) is 0 Å². The summed E-state index contributed by atoms with van der Waals surface area (Å²) < 4.78 is 13.4. The summed E-state index contributed by atoms with van der Waals surface area (Å²) in [6.45, 7) is 1.52. The Kier molecular flexibility index (Phi) is 2.69. The highest BCUT2D eigenvalue weighted by Crippen LogP contribution is 2.17. The van der Waals surface area contributed by atoms with Gasteiger partial charge < -0.3 is 5.43 Å². The lowest BCUT2D eigenvalue weighted by Crippen LogP contribution is -2.13. The van der Waals surface area contributed by atoms with E-state index in [1.165, 1.54) is 6.92 Å². The number of aryl methyl sites for hydroxylation is 1. The highest BCUT2D eigenvalue weighted by atomic mass is 19.1.